The predicted octanol–water partition coefficient (Wildman–Crippen LogP) is 0.00380. The molecule has 0 aliphatic heterocycles. The van der Waals surface area contributed by atoms with Crippen LogP contribution in [-0.2, 0) is 46.4 Å². The number of ketones is 2. The number of hydrogen-bond donors (Lipinski definition) is 8. The van der Waals surface area contributed by atoms with E-state index >= 15 is 0 Å². The lowest BCUT2D eigenvalue weighted by molar-refractivity contribution is -0.135. The van der Waals surface area contributed by atoms with E-state index in [2.05, 4.69) is 15.6 Å². The van der Waals surface area contributed by atoms with Crippen LogP contribution in [-0.4, -0.2) is 70.8 Å². The van der Waals surface area contributed by atoms with Crippen LogP contribution in [0.2, 0.25) is 0 Å². The Morgan fingerprint density at radius 1 is 0.660 bits per heavy atom. The highest BCUT2D eigenvalue weighted by Crippen LogP contribution is 2.21. The molecule has 2 aromatic carbocycles. The van der Waals surface area contributed by atoms with E-state index in [-0.39, 0.29) is 76.0 Å². The summed E-state index contributed by atoms with van der Waals surface area (Å²) in [6.45, 7) is 1.71. The fraction of sp³-hybridized carbons (Fsp3) is 0.459. The van der Waals surface area contributed by atoms with Gasteiger partial charge in [-0.25, -0.2) is 0 Å². The number of amides is 5. The summed E-state index contributed by atoms with van der Waals surface area (Å²) in [7, 11) is 0. The second kappa shape index (κ2) is 22.2. The van der Waals surface area contributed by atoms with Crippen molar-refractivity contribution < 1.29 is 38.7 Å². The number of nitrogens with one attached hydrogen (secondary N) is 2. The molecular weight excluding hydrogens is 684 g/mol. The molecule has 13 N–H and O–H groups in total. The Morgan fingerprint density at radius 3 is 1.74 bits per heavy atom. The van der Waals surface area contributed by atoms with Crippen molar-refractivity contribution >= 4 is 47.1 Å². The molecule has 0 radical (unpaired) electrons. The molecule has 53 heavy (non-hydrogen) atoms. The summed E-state index contributed by atoms with van der Waals surface area (Å²) in [6.07, 6.45) is -0.414. The molecule has 0 unspecified atom stereocenters. The summed E-state index contributed by atoms with van der Waals surface area (Å²) >= 11 is 0. The van der Waals surface area contributed by atoms with E-state index in [1.165, 1.54) is 12.1 Å². The van der Waals surface area contributed by atoms with Gasteiger partial charge in [0.1, 0.15) is 5.75 Å². The summed E-state index contributed by atoms with van der Waals surface area (Å²) in [6, 6.07) is 12.7. The number of carbonyl (C=O) groups excluding carboxylic acids is 7. The first-order valence-corrected chi connectivity index (χ1v) is 17.4. The first-order valence-electron chi connectivity index (χ1n) is 17.4. The summed E-state index contributed by atoms with van der Waals surface area (Å²) in [5.74, 6) is -7.06. The zero-order valence-electron chi connectivity index (χ0n) is 30.0. The van der Waals surface area contributed by atoms with Crippen molar-refractivity contribution in [3.8, 4) is 5.75 Å². The Bertz CT molecular complexity index is 1600. The maximum atomic E-state index is 14.1. The fourth-order valence-corrected chi connectivity index (χ4v) is 5.63. The van der Waals surface area contributed by atoms with Crippen LogP contribution in [0.5, 0.6) is 5.75 Å². The standard InChI is InChI=1S/C37H52N8O8/c1-22(9-15-32(38)49)35(52)44-29(14-16-33(39)50)31(48)21-26(19-24-10-12-27(46)13-11-24)36(53)45-28(8-5-17-43-37(41)42)30(47)20-25(34(40)51)18-23-6-3-2-4-7-23/h2-4,6-7,10-13,22,25-26,28-29,46H,5,8-9,14-21H2,1H3,(H2,38,49)(H2,39,50)(H2,40,51)(H,44,52)(H,45,53)(H4,41,42,43)/t22-,25+,26+,28-,29-/m0/s1. The van der Waals surface area contributed by atoms with Gasteiger partial charge in [0.2, 0.25) is 29.5 Å². The van der Waals surface area contributed by atoms with Crippen LogP contribution in [0.1, 0.15) is 69.4 Å². The van der Waals surface area contributed by atoms with Gasteiger partial charge in [0, 0.05) is 50.0 Å². The number of carbonyl (C=O) groups is 7. The summed E-state index contributed by atoms with van der Waals surface area (Å²) < 4.78 is 0. The van der Waals surface area contributed by atoms with E-state index in [0.717, 1.165) is 5.56 Å². The van der Waals surface area contributed by atoms with E-state index in [1.54, 1.807) is 43.3 Å². The maximum Gasteiger partial charge on any atom is 0.224 e. The molecule has 0 bridgehead atoms. The number of nitrogens with two attached hydrogens (primary N) is 5. The third-order valence-corrected chi connectivity index (χ3v) is 8.72. The van der Waals surface area contributed by atoms with Crippen molar-refractivity contribution in [3.63, 3.8) is 0 Å². The SMILES string of the molecule is C[C@@H](CCC(N)=O)C(=O)N[C@@H](CCC(N)=O)C(=O)C[C@@H](Cc1ccc(O)cc1)C(=O)N[C@@H](CCCN=C(N)N)C(=O)C[C@@H](Cc1ccccc1)C(N)=O. The molecule has 0 fully saturated rings. The molecule has 5 amide bonds. The van der Waals surface area contributed by atoms with Crippen LogP contribution in [0.3, 0.4) is 0 Å². The smallest absolute Gasteiger partial charge is 0.224 e. The molecule has 2 rings (SSSR count). The first-order chi connectivity index (χ1) is 25.0. The minimum atomic E-state index is -1.20. The minimum Gasteiger partial charge on any atom is -0.508 e. The van der Waals surface area contributed by atoms with Gasteiger partial charge in [-0.1, -0.05) is 49.4 Å². The topological polar surface area (TPSA) is 306 Å². The molecule has 0 saturated heterocycles. The number of aromatic hydroxyl groups is 1. The van der Waals surface area contributed by atoms with Crippen molar-refractivity contribution in [2.24, 2.45) is 51.4 Å². The molecule has 288 valence electrons. The Hall–Kier alpha value is -5.80. The monoisotopic (exact) mass is 736 g/mol. The zero-order valence-corrected chi connectivity index (χ0v) is 30.0. The molecule has 16 nitrogen and oxygen atoms in total. The van der Waals surface area contributed by atoms with Gasteiger partial charge in [-0.2, -0.15) is 0 Å². The van der Waals surface area contributed by atoms with Crippen LogP contribution in [0.4, 0.5) is 0 Å². The number of phenolic OH excluding ortho intramolecular Hbond substituents is 1. The van der Waals surface area contributed by atoms with Crippen molar-refractivity contribution in [2.45, 2.75) is 83.2 Å². The third-order valence-electron chi connectivity index (χ3n) is 8.72. The number of aliphatic imine (C=N–C) groups is 1. The van der Waals surface area contributed by atoms with Crippen molar-refractivity contribution in [1.29, 1.82) is 0 Å². The molecule has 0 aliphatic carbocycles. The molecule has 2 aromatic rings. The Balaban J connectivity index is 2.39. The number of nitrogens with zero attached hydrogens (tertiary/aromatic N) is 1. The third kappa shape index (κ3) is 16.8. The number of hydrogen-bond acceptors (Lipinski definition) is 9. The van der Waals surface area contributed by atoms with Gasteiger partial charge in [-0.15, -0.1) is 0 Å². The van der Waals surface area contributed by atoms with Crippen molar-refractivity contribution in [3.05, 3.63) is 65.7 Å². The molecule has 0 aromatic heterocycles. The van der Waals surface area contributed by atoms with Gasteiger partial charge < -0.3 is 44.4 Å². The number of Topliss-reactive ketones (excluding diaryl/α,β-unsaturated/α-hetero) is 2. The zero-order chi connectivity index (χ0) is 39.5. The molecule has 0 saturated carbocycles. The van der Waals surface area contributed by atoms with Gasteiger partial charge >= 0.3 is 0 Å². The van der Waals surface area contributed by atoms with E-state index in [1.807, 2.05) is 6.07 Å². The lowest BCUT2D eigenvalue weighted by atomic mass is 9.88. The Kier molecular flexibility index (Phi) is 18.2. The highest BCUT2D eigenvalue weighted by Gasteiger charge is 2.32. The van der Waals surface area contributed by atoms with E-state index in [9.17, 15) is 38.7 Å². The summed E-state index contributed by atoms with van der Waals surface area (Å²) in [5.41, 5.74) is 28.5. The molecule has 0 spiro atoms. The number of rotatable bonds is 25. The molecule has 0 aliphatic rings. The van der Waals surface area contributed by atoms with Gasteiger partial charge in [0.05, 0.1) is 12.1 Å². The van der Waals surface area contributed by atoms with E-state index in [0.29, 0.717) is 5.56 Å². The molecule has 0 heterocycles. The summed E-state index contributed by atoms with van der Waals surface area (Å²) in [4.78, 5) is 93.9. The lowest BCUT2D eigenvalue weighted by Gasteiger charge is -2.25. The second-order valence-corrected chi connectivity index (χ2v) is 13.2. The Morgan fingerprint density at radius 2 is 1.17 bits per heavy atom. The van der Waals surface area contributed by atoms with Gasteiger partial charge in [-0.3, -0.25) is 38.6 Å². The summed E-state index contributed by atoms with van der Waals surface area (Å²) in [5, 5.41) is 15.2. The average Bonchev–Trinajstić information content (AvgIpc) is 3.10. The quantitative estimate of drug-likeness (QED) is 0.0383. The van der Waals surface area contributed by atoms with Crippen LogP contribution in [0, 0.1) is 17.8 Å². The molecular formula is C37H52N8O8. The van der Waals surface area contributed by atoms with Crippen LogP contribution < -0.4 is 39.3 Å². The van der Waals surface area contributed by atoms with Crippen LogP contribution in [0.25, 0.3) is 0 Å². The van der Waals surface area contributed by atoms with Gasteiger partial charge in [-0.05, 0) is 61.8 Å². The largest absolute Gasteiger partial charge is 0.508 e. The molecule has 5 atom stereocenters. The maximum absolute atomic E-state index is 14.1. The van der Waals surface area contributed by atoms with Crippen molar-refractivity contribution in [1.82, 2.24) is 10.6 Å². The highest BCUT2D eigenvalue weighted by atomic mass is 16.3. The van der Waals surface area contributed by atoms with Crippen LogP contribution in [0.15, 0.2) is 59.6 Å². The number of guanidine groups is 1. The van der Waals surface area contributed by atoms with Gasteiger partial charge in [0.25, 0.3) is 0 Å². The number of primary amides is 3. The first kappa shape index (κ1) is 43.4. The van der Waals surface area contributed by atoms with E-state index < -0.39 is 77.4 Å². The highest BCUT2D eigenvalue weighted by molar-refractivity contribution is 5.96. The second-order valence-electron chi connectivity index (χ2n) is 13.2. The lowest BCUT2D eigenvalue weighted by Crippen LogP contribution is -2.48. The minimum absolute atomic E-state index is 0.00379. The predicted molar refractivity (Wildman–Crippen MR) is 197 cm³/mol. The van der Waals surface area contributed by atoms with Gasteiger partial charge in [0.15, 0.2) is 17.5 Å². The normalized spacial score (nSPS) is 13.7. The average molecular weight is 737 g/mol. The fourth-order valence-electron chi connectivity index (χ4n) is 5.63. The molecule has 16 heteroatoms. The van der Waals surface area contributed by atoms with E-state index in [4.69, 9.17) is 28.7 Å². The van der Waals surface area contributed by atoms with Crippen molar-refractivity contribution in [2.75, 3.05) is 6.54 Å². The number of benzene rings is 2. The van der Waals surface area contributed by atoms with Crippen LogP contribution >= 0.6 is 0 Å². The number of phenols is 1. The Labute approximate surface area is 308 Å².